The van der Waals surface area contributed by atoms with Crippen molar-refractivity contribution in [2.75, 3.05) is 13.1 Å². The standard InChI is InChI=1S/C15H23BN2O2/c1-14(2)15(3,4)20-16(19-14)13-6-5-11(10-18-13)12-7-8-17-9-12/h5-6,10,12,17H,7-9H2,1-4H3. The Morgan fingerprint density at radius 2 is 1.90 bits per heavy atom. The summed E-state index contributed by atoms with van der Waals surface area (Å²) in [7, 11) is -0.365. The van der Waals surface area contributed by atoms with Gasteiger partial charge < -0.3 is 14.6 Å². The third-order valence-electron chi connectivity index (χ3n) is 4.84. The molecule has 1 atom stereocenters. The van der Waals surface area contributed by atoms with Crippen LogP contribution in [0.3, 0.4) is 0 Å². The Balaban J connectivity index is 1.75. The number of pyridine rings is 1. The summed E-state index contributed by atoms with van der Waals surface area (Å²) in [5, 5.41) is 3.38. The molecule has 3 heterocycles. The Kier molecular flexibility index (Phi) is 3.39. The zero-order valence-electron chi connectivity index (χ0n) is 12.8. The first kappa shape index (κ1) is 14.0. The van der Waals surface area contributed by atoms with E-state index in [4.69, 9.17) is 9.31 Å². The van der Waals surface area contributed by atoms with E-state index >= 15 is 0 Å². The lowest BCUT2D eigenvalue weighted by Crippen LogP contribution is -2.41. The molecule has 1 N–H and O–H groups in total. The van der Waals surface area contributed by atoms with Crippen LogP contribution in [0.15, 0.2) is 18.3 Å². The van der Waals surface area contributed by atoms with Gasteiger partial charge in [0.25, 0.3) is 0 Å². The van der Waals surface area contributed by atoms with Crippen LogP contribution in [-0.2, 0) is 9.31 Å². The fourth-order valence-corrected chi connectivity index (χ4v) is 2.70. The summed E-state index contributed by atoms with van der Waals surface area (Å²) in [4.78, 5) is 4.56. The molecular weight excluding hydrogens is 251 g/mol. The molecule has 0 amide bonds. The van der Waals surface area contributed by atoms with Crippen LogP contribution in [0.25, 0.3) is 0 Å². The Morgan fingerprint density at radius 1 is 1.20 bits per heavy atom. The topological polar surface area (TPSA) is 43.4 Å². The molecule has 2 aliphatic rings. The first-order valence-electron chi connectivity index (χ1n) is 7.41. The Labute approximate surface area is 121 Å². The van der Waals surface area contributed by atoms with E-state index in [2.05, 4.69) is 44.1 Å². The minimum absolute atomic E-state index is 0.312. The van der Waals surface area contributed by atoms with E-state index in [1.807, 2.05) is 12.3 Å². The molecule has 1 aromatic heterocycles. The van der Waals surface area contributed by atoms with E-state index in [0.717, 1.165) is 18.7 Å². The molecule has 2 saturated heterocycles. The molecule has 3 rings (SSSR count). The summed E-state index contributed by atoms with van der Waals surface area (Å²) in [6, 6.07) is 4.20. The van der Waals surface area contributed by atoms with Gasteiger partial charge in [-0.15, -0.1) is 0 Å². The maximum Gasteiger partial charge on any atom is 0.514 e. The van der Waals surface area contributed by atoms with Crippen LogP contribution in [0.2, 0.25) is 0 Å². The van der Waals surface area contributed by atoms with Crippen molar-refractivity contribution >= 4 is 12.7 Å². The van der Waals surface area contributed by atoms with Crippen LogP contribution >= 0.6 is 0 Å². The second-order valence-corrected chi connectivity index (χ2v) is 6.79. The van der Waals surface area contributed by atoms with E-state index in [1.54, 1.807) is 0 Å². The van der Waals surface area contributed by atoms with Crippen LogP contribution in [0.5, 0.6) is 0 Å². The van der Waals surface area contributed by atoms with E-state index in [9.17, 15) is 0 Å². The first-order valence-corrected chi connectivity index (χ1v) is 7.41. The molecule has 5 heteroatoms. The Morgan fingerprint density at radius 3 is 2.40 bits per heavy atom. The van der Waals surface area contributed by atoms with Crippen LogP contribution < -0.4 is 10.9 Å². The molecule has 0 spiro atoms. The molecule has 0 radical (unpaired) electrons. The molecule has 0 bridgehead atoms. The molecule has 108 valence electrons. The number of nitrogens with one attached hydrogen (secondary N) is 1. The van der Waals surface area contributed by atoms with Crippen LogP contribution in [-0.4, -0.2) is 36.4 Å². The SMILES string of the molecule is CC1(C)OB(c2ccc(C3CCNC3)cn2)OC1(C)C. The smallest absolute Gasteiger partial charge is 0.398 e. The van der Waals surface area contributed by atoms with Crippen molar-refractivity contribution in [2.24, 2.45) is 0 Å². The van der Waals surface area contributed by atoms with Crippen molar-refractivity contribution in [3.63, 3.8) is 0 Å². The first-order chi connectivity index (χ1) is 9.39. The van der Waals surface area contributed by atoms with E-state index < -0.39 is 0 Å². The Hall–Kier alpha value is -0.905. The molecule has 2 aliphatic heterocycles. The monoisotopic (exact) mass is 274 g/mol. The number of nitrogens with zero attached hydrogens (tertiary/aromatic N) is 1. The maximum atomic E-state index is 6.02. The van der Waals surface area contributed by atoms with E-state index in [1.165, 1.54) is 12.0 Å². The predicted molar refractivity (Wildman–Crippen MR) is 80.2 cm³/mol. The number of rotatable bonds is 2. The lowest BCUT2D eigenvalue weighted by Gasteiger charge is -2.32. The highest BCUT2D eigenvalue weighted by molar-refractivity contribution is 6.61. The summed E-state index contributed by atoms with van der Waals surface area (Å²) in [6.07, 6.45) is 3.16. The second kappa shape index (κ2) is 4.83. The van der Waals surface area contributed by atoms with Crippen molar-refractivity contribution in [2.45, 2.75) is 51.2 Å². The van der Waals surface area contributed by atoms with E-state index in [0.29, 0.717) is 5.92 Å². The van der Waals surface area contributed by atoms with Crippen molar-refractivity contribution in [1.29, 1.82) is 0 Å². The fraction of sp³-hybridized carbons (Fsp3) is 0.667. The summed E-state index contributed by atoms with van der Waals surface area (Å²) in [5.41, 5.74) is 1.54. The molecule has 1 aromatic rings. The highest BCUT2D eigenvalue weighted by Gasteiger charge is 2.52. The fourth-order valence-electron chi connectivity index (χ4n) is 2.70. The average molecular weight is 274 g/mol. The zero-order chi connectivity index (χ0) is 14.4. The summed E-state index contributed by atoms with van der Waals surface area (Å²) < 4.78 is 12.0. The van der Waals surface area contributed by atoms with Gasteiger partial charge in [0.15, 0.2) is 0 Å². The highest BCUT2D eigenvalue weighted by Crippen LogP contribution is 2.36. The van der Waals surface area contributed by atoms with Crippen molar-refractivity contribution in [1.82, 2.24) is 10.3 Å². The number of hydrogen-bond acceptors (Lipinski definition) is 4. The van der Waals surface area contributed by atoms with Crippen molar-refractivity contribution < 1.29 is 9.31 Å². The largest absolute Gasteiger partial charge is 0.514 e. The number of hydrogen-bond donors (Lipinski definition) is 1. The lowest BCUT2D eigenvalue weighted by molar-refractivity contribution is 0.00578. The van der Waals surface area contributed by atoms with Crippen LogP contribution in [0, 0.1) is 0 Å². The second-order valence-electron chi connectivity index (χ2n) is 6.79. The summed E-state index contributed by atoms with van der Waals surface area (Å²) in [5.74, 6) is 0.592. The maximum absolute atomic E-state index is 6.02. The summed E-state index contributed by atoms with van der Waals surface area (Å²) >= 11 is 0. The molecule has 2 fully saturated rings. The average Bonchev–Trinajstić information content (AvgIpc) is 2.97. The molecule has 0 aliphatic carbocycles. The van der Waals surface area contributed by atoms with Gasteiger partial charge in [0, 0.05) is 12.7 Å². The van der Waals surface area contributed by atoms with Gasteiger partial charge >= 0.3 is 7.12 Å². The van der Waals surface area contributed by atoms with Crippen molar-refractivity contribution in [3.05, 3.63) is 23.9 Å². The van der Waals surface area contributed by atoms with Gasteiger partial charge in [-0.05, 0) is 58.2 Å². The van der Waals surface area contributed by atoms with Gasteiger partial charge in [-0.1, -0.05) is 6.07 Å². The van der Waals surface area contributed by atoms with Gasteiger partial charge in [0.2, 0.25) is 0 Å². The summed E-state index contributed by atoms with van der Waals surface area (Å²) in [6.45, 7) is 10.4. The minimum atomic E-state index is -0.365. The normalized spacial score (nSPS) is 28.0. The van der Waals surface area contributed by atoms with Gasteiger partial charge in [0.05, 0.1) is 16.8 Å². The van der Waals surface area contributed by atoms with Crippen LogP contribution in [0.4, 0.5) is 0 Å². The third kappa shape index (κ3) is 2.38. The predicted octanol–water partition coefficient (Wildman–Crippen LogP) is 1.46. The quantitative estimate of drug-likeness (QED) is 0.829. The highest BCUT2D eigenvalue weighted by atomic mass is 16.7. The molecule has 0 aromatic carbocycles. The minimum Gasteiger partial charge on any atom is -0.398 e. The molecule has 20 heavy (non-hydrogen) atoms. The molecule has 4 nitrogen and oxygen atoms in total. The number of aromatic nitrogens is 1. The lowest BCUT2D eigenvalue weighted by atomic mass is 9.83. The van der Waals surface area contributed by atoms with Gasteiger partial charge in [-0.3, -0.25) is 4.98 Å². The molecule has 0 saturated carbocycles. The van der Waals surface area contributed by atoms with Crippen LogP contribution in [0.1, 0.15) is 45.6 Å². The van der Waals surface area contributed by atoms with Gasteiger partial charge in [0.1, 0.15) is 0 Å². The zero-order valence-corrected chi connectivity index (χ0v) is 12.8. The molecule has 1 unspecified atom stereocenters. The Bertz CT molecular complexity index is 465. The van der Waals surface area contributed by atoms with Gasteiger partial charge in [-0.2, -0.15) is 0 Å². The third-order valence-corrected chi connectivity index (χ3v) is 4.84. The molecular formula is C15H23BN2O2. The van der Waals surface area contributed by atoms with Crippen molar-refractivity contribution in [3.8, 4) is 0 Å². The van der Waals surface area contributed by atoms with Gasteiger partial charge in [-0.25, -0.2) is 0 Å². The van der Waals surface area contributed by atoms with E-state index in [-0.39, 0.29) is 18.3 Å².